The average molecular weight is 573 g/mol. The molecular weight excluding hydrogens is 547 g/mol. The van der Waals surface area contributed by atoms with Crippen LogP contribution in [0.25, 0.3) is 31.2 Å². The zero-order chi connectivity index (χ0) is 27.1. The van der Waals surface area contributed by atoms with Crippen LogP contribution in [-0.2, 0) is 13.1 Å². The molecule has 0 amide bonds. The number of rotatable bonds is 7. The second-order valence-electron chi connectivity index (χ2n) is 10.00. The SMILES string of the molecule is Fc1ccc(Nc2ncnc3sc4c5cn(CCN6CCN(Cc7ccncc7)CC6)nc5ccc4c23)cc1Cl. The molecular formula is C29H26ClFN8S. The lowest BCUT2D eigenvalue weighted by atomic mass is 10.1. The molecule has 1 fully saturated rings. The van der Waals surface area contributed by atoms with Crippen molar-refractivity contribution in [2.24, 2.45) is 0 Å². The lowest BCUT2D eigenvalue weighted by molar-refractivity contribution is 0.123. The van der Waals surface area contributed by atoms with Crippen molar-refractivity contribution < 1.29 is 4.39 Å². The third kappa shape index (κ3) is 4.99. The van der Waals surface area contributed by atoms with Crippen molar-refractivity contribution in [1.29, 1.82) is 0 Å². The highest BCUT2D eigenvalue weighted by molar-refractivity contribution is 7.26. The van der Waals surface area contributed by atoms with Gasteiger partial charge in [-0.1, -0.05) is 17.7 Å². The molecule has 5 heterocycles. The number of nitrogens with one attached hydrogen (secondary N) is 1. The second kappa shape index (κ2) is 10.7. The van der Waals surface area contributed by atoms with Gasteiger partial charge in [0.1, 0.15) is 22.8 Å². The Morgan fingerprint density at radius 3 is 2.58 bits per heavy atom. The third-order valence-corrected chi connectivity index (χ3v) is 8.85. The average Bonchev–Trinajstić information content (AvgIpc) is 3.57. The molecule has 1 aliphatic rings. The number of benzene rings is 2. The monoisotopic (exact) mass is 572 g/mol. The van der Waals surface area contributed by atoms with E-state index in [2.05, 4.69) is 65.2 Å². The molecule has 202 valence electrons. The van der Waals surface area contributed by atoms with E-state index in [4.69, 9.17) is 16.7 Å². The topological polar surface area (TPSA) is 75.0 Å². The molecule has 0 unspecified atom stereocenters. The fraction of sp³-hybridized carbons (Fsp3) is 0.241. The molecule has 0 bridgehead atoms. The van der Waals surface area contributed by atoms with Gasteiger partial charge in [0, 0.05) is 79.0 Å². The smallest absolute Gasteiger partial charge is 0.143 e. The van der Waals surface area contributed by atoms with Gasteiger partial charge in [-0.15, -0.1) is 11.3 Å². The number of pyridine rings is 1. The number of fused-ring (bicyclic) bond motifs is 5. The number of hydrogen-bond acceptors (Lipinski definition) is 8. The first-order valence-corrected chi connectivity index (χ1v) is 14.4. The van der Waals surface area contributed by atoms with Gasteiger partial charge in [-0.05, 0) is 42.0 Å². The molecule has 1 saturated heterocycles. The Kier molecular flexibility index (Phi) is 6.76. The Bertz CT molecular complexity index is 1810. The van der Waals surface area contributed by atoms with Gasteiger partial charge in [-0.3, -0.25) is 19.5 Å². The van der Waals surface area contributed by atoms with Gasteiger partial charge in [-0.2, -0.15) is 5.10 Å². The van der Waals surface area contributed by atoms with E-state index < -0.39 is 5.82 Å². The second-order valence-corrected chi connectivity index (χ2v) is 11.4. The van der Waals surface area contributed by atoms with Gasteiger partial charge < -0.3 is 5.32 Å². The van der Waals surface area contributed by atoms with Crippen LogP contribution >= 0.6 is 22.9 Å². The van der Waals surface area contributed by atoms with Crippen LogP contribution in [0.2, 0.25) is 5.02 Å². The molecule has 4 aromatic heterocycles. The van der Waals surface area contributed by atoms with Crippen molar-refractivity contribution >= 4 is 65.6 Å². The molecule has 11 heteroatoms. The normalized spacial score (nSPS) is 14.9. The number of halogens is 2. The summed E-state index contributed by atoms with van der Waals surface area (Å²) in [5.41, 5.74) is 2.94. The maximum Gasteiger partial charge on any atom is 0.143 e. The van der Waals surface area contributed by atoms with Crippen molar-refractivity contribution in [1.82, 2.24) is 34.5 Å². The van der Waals surface area contributed by atoms with E-state index in [1.54, 1.807) is 29.8 Å². The zero-order valence-corrected chi connectivity index (χ0v) is 23.2. The summed E-state index contributed by atoms with van der Waals surface area (Å²) in [4.78, 5) is 19.0. The van der Waals surface area contributed by atoms with Crippen LogP contribution in [-0.4, -0.2) is 67.3 Å². The third-order valence-electron chi connectivity index (χ3n) is 7.42. The Balaban J connectivity index is 1.08. The van der Waals surface area contributed by atoms with Gasteiger partial charge in [0.25, 0.3) is 0 Å². The van der Waals surface area contributed by atoms with E-state index in [0.717, 1.165) is 77.0 Å². The van der Waals surface area contributed by atoms with E-state index in [1.807, 2.05) is 12.4 Å². The molecule has 0 spiro atoms. The lowest BCUT2D eigenvalue weighted by Gasteiger charge is -2.34. The van der Waals surface area contributed by atoms with Crippen molar-refractivity contribution in [2.75, 3.05) is 38.0 Å². The van der Waals surface area contributed by atoms with Gasteiger partial charge in [0.05, 0.1) is 22.5 Å². The lowest BCUT2D eigenvalue weighted by Crippen LogP contribution is -2.46. The molecule has 2 aromatic carbocycles. The molecule has 0 radical (unpaired) electrons. The number of piperazine rings is 1. The van der Waals surface area contributed by atoms with Crippen LogP contribution in [0.1, 0.15) is 5.56 Å². The zero-order valence-electron chi connectivity index (χ0n) is 21.6. The minimum absolute atomic E-state index is 0.0615. The van der Waals surface area contributed by atoms with Gasteiger partial charge in [0.2, 0.25) is 0 Å². The summed E-state index contributed by atoms with van der Waals surface area (Å²) in [5.74, 6) is 0.206. The molecule has 0 aliphatic carbocycles. The molecule has 1 aliphatic heterocycles. The minimum atomic E-state index is -0.455. The van der Waals surface area contributed by atoms with E-state index in [0.29, 0.717) is 11.5 Å². The Morgan fingerprint density at radius 2 is 1.75 bits per heavy atom. The predicted octanol–water partition coefficient (Wildman–Crippen LogP) is 5.94. The number of aromatic nitrogens is 5. The van der Waals surface area contributed by atoms with Crippen LogP contribution in [0.5, 0.6) is 0 Å². The van der Waals surface area contributed by atoms with Crippen molar-refractivity contribution in [3.05, 3.63) is 83.8 Å². The Morgan fingerprint density at radius 1 is 0.925 bits per heavy atom. The molecule has 8 nitrogen and oxygen atoms in total. The summed E-state index contributed by atoms with van der Waals surface area (Å²) in [6.07, 6.45) is 7.41. The van der Waals surface area contributed by atoms with Crippen LogP contribution in [0.3, 0.4) is 0 Å². The van der Waals surface area contributed by atoms with E-state index in [-0.39, 0.29) is 5.02 Å². The summed E-state index contributed by atoms with van der Waals surface area (Å²) in [6.45, 7) is 7.02. The molecule has 1 N–H and O–H groups in total. The number of hydrogen-bond donors (Lipinski definition) is 1. The predicted molar refractivity (Wildman–Crippen MR) is 159 cm³/mol. The quantitative estimate of drug-likeness (QED) is 0.254. The highest BCUT2D eigenvalue weighted by Crippen LogP contribution is 2.40. The number of anilines is 2. The summed E-state index contributed by atoms with van der Waals surface area (Å²) < 4.78 is 16.8. The van der Waals surface area contributed by atoms with Crippen molar-refractivity contribution in [2.45, 2.75) is 13.1 Å². The molecule has 7 rings (SSSR count). The summed E-state index contributed by atoms with van der Waals surface area (Å²) in [7, 11) is 0. The first-order chi connectivity index (χ1) is 19.6. The van der Waals surface area contributed by atoms with Crippen LogP contribution in [0.15, 0.2) is 67.4 Å². The van der Waals surface area contributed by atoms with Crippen molar-refractivity contribution in [3.8, 4) is 0 Å². The van der Waals surface area contributed by atoms with E-state index in [1.165, 1.54) is 11.6 Å². The van der Waals surface area contributed by atoms with Gasteiger partial charge in [0.15, 0.2) is 0 Å². The summed E-state index contributed by atoms with van der Waals surface area (Å²) in [6, 6.07) is 12.9. The van der Waals surface area contributed by atoms with Gasteiger partial charge >= 0.3 is 0 Å². The minimum Gasteiger partial charge on any atom is -0.340 e. The fourth-order valence-corrected chi connectivity index (χ4v) is 6.62. The molecule has 6 aromatic rings. The van der Waals surface area contributed by atoms with E-state index in [9.17, 15) is 4.39 Å². The summed E-state index contributed by atoms with van der Waals surface area (Å²) >= 11 is 7.62. The first-order valence-electron chi connectivity index (χ1n) is 13.2. The maximum absolute atomic E-state index is 13.7. The highest BCUT2D eigenvalue weighted by Gasteiger charge is 2.19. The van der Waals surface area contributed by atoms with Crippen LogP contribution < -0.4 is 5.32 Å². The van der Waals surface area contributed by atoms with E-state index >= 15 is 0 Å². The highest BCUT2D eigenvalue weighted by atomic mass is 35.5. The standard InChI is InChI=1S/C29H26ClFN8S/c30-23-15-20(1-3-24(23)31)35-28-26-21-2-4-25-22(27(21)40-29(26)34-18-33-28)17-39(36-25)14-13-37-9-11-38(12-10-37)16-19-5-7-32-8-6-19/h1-8,15,17-18H,9-14,16H2,(H,33,34,35). The number of thiophene rings is 1. The largest absolute Gasteiger partial charge is 0.340 e. The number of nitrogens with zero attached hydrogens (tertiary/aromatic N) is 7. The Hall–Kier alpha value is -3.70. The Labute approximate surface area is 239 Å². The maximum atomic E-state index is 13.7. The molecule has 40 heavy (non-hydrogen) atoms. The molecule has 0 atom stereocenters. The summed E-state index contributed by atoms with van der Waals surface area (Å²) in [5, 5.41) is 11.3. The fourth-order valence-electron chi connectivity index (χ4n) is 5.29. The van der Waals surface area contributed by atoms with Crippen LogP contribution in [0, 0.1) is 5.82 Å². The first kappa shape index (κ1) is 25.3. The van der Waals surface area contributed by atoms with Crippen molar-refractivity contribution in [3.63, 3.8) is 0 Å². The van der Waals surface area contributed by atoms with Gasteiger partial charge in [-0.25, -0.2) is 14.4 Å². The molecule has 0 saturated carbocycles. The van der Waals surface area contributed by atoms with Crippen LogP contribution in [0.4, 0.5) is 15.9 Å².